The van der Waals surface area contributed by atoms with Crippen molar-refractivity contribution in [3.8, 4) is 0 Å². The number of hydrogen-bond acceptors (Lipinski definition) is 4. The quantitative estimate of drug-likeness (QED) is 0.526. The molecule has 2 aromatic heterocycles. The zero-order valence-corrected chi connectivity index (χ0v) is 15.7. The van der Waals surface area contributed by atoms with Crippen molar-refractivity contribution < 1.29 is 0 Å². The van der Waals surface area contributed by atoms with Gasteiger partial charge in [-0.3, -0.25) is 14.3 Å². The molecule has 0 saturated carbocycles. The van der Waals surface area contributed by atoms with Gasteiger partial charge in [-0.1, -0.05) is 57.7 Å². The van der Waals surface area contributed by atoms with E-state index in [1.54, 1.807) is 18.8 Å². The van der Waals surface area contributed by atoms with E-state index in [0.717, 1.165) is 36.7 Å². The van der Waals surface area contributed by atoms with E-state index in [4.69, 9.17) is 0 Å². The predicted octanol–water partition coefficient (Wildman–Crippen LogP) is 3.29. The van der Waals surface area contributed by atoms with Gasteiger partial charge in [0, 0.05) is 19.3 Å². The molecule has 0 atom stereocenters. The molecule has 134 valence electrons. The number of fused-ring (bicyclic) bond motifs is 1. The highest BCUT2D eigenvalue weighted by molar-refractivity contribution is 7.99. The highest BCUT2D eigenvalue weighted by atomic mass is 32.2. The Labute approximate surface area is 146 Å². The van der Waals surface area contributed by atoms with Crippen LogP contribution in [0.1, 0.15) is 58.8 Å². The zero-order chi connectivity index (χ0) is 17.5. The molecule has 6 nitrogen and oxygen atoms in total. The highest BCUT2D eigenvalue weighted by Crippen LogP contribution is 2.23. The van der Waals surface area contributed by atoms with E-state index in [2.05, 4.69) is 23.8 Å². The van der Waals surface area contributed by atoms with Crippen LogP contribution in [0.4, 0.5) is 0 Å². The Morgan fingerprint density at radius 2 is 1.75 bits per heavy atom. The third-order valence-electron chi connectivity index (χ3n) is 4.19. The monoisotopic (exact) mass is 352 g/mol. The van der Waals surface area contributed by atoms with Gasteiger partial charge in [-0.15, -0.1) is 0 Å². The summed E-state index contributed by atoms with van der Waals surface area (Å²) in [5, 5.41) is 0.848. The molecule has 0 spiro atoms. The van der Waals surface area contributed by atoms with Gasteiger partial charge in [-0.25, -0.2) is 9.78 Å². The molecule has 0 aliphatic rings. The third-order valence-corrected chi connectivity index (χ3v) is 5.25. The first-order chi connectivity index (χ1) is 11.6. The van der Waals surface area contributed by atoms with Gasteiger partial charge in [-0.05, 0) is 12.8 Å². The number of imidazole rings is 1. The summed E-state index contributed by atoms with van der Waals surface area (Å²) < 4.78 is 3.40. The number of aromatic nitrogens is 4. The van der Waals surface area contributed by atoms with Gasteiger partial charge in [0.25, 0.3) is 5.56 Å². The minimum absolute atomic E-state index is 0.341. The summed E-state index contributed by atoms with van der Waals surface area (Å²) in [6, 6.07) is 0. The normalized spacial score (nSPS) is 11.5. The Balaban J connectivity index is 2.24. The van der Waals surface area contributed by atoms with Gasteiger partial charge in [-0.2, -0.15) is 0 Å². The molecule has 1 N–H and O–H groups in total. The molecule has 7 heteroatoms. The van der Waals surface area contributed by atoms with Crippen LogP contribution in [0.25, 0.3) is 11.2 Å². The summed E-state index contributed by atoms with van der Waals surface area (Å²) in [7, 11) is 1.65. The number of aryl methyl sites for hydroxylation is 2. The largest absolute Gasteiger partial charge is 0.329 e. The molecule has 0 fully saturated rings. The molecule has 0 bridgehead atoms. The fourth-order valence-electron chi connectivity index (χ4n) is 2.72. The van der Waals surface area contributed by atoms with Gasteiger partial charge in [0.1, 0.15) is 0 Å². The van der Waals surface area contributed by atoms with Gasteiger partial charge < -0.3 is 4.57 Å². The number of aromatic amines is 1. The Kier molecular flexibility index (Phi) is 7.15. The molecule has 2 aromatic rings. The van der Waals surface area contributed by atoms with Crippen LogP contribution in [-0.2, 0) is 13.6 Å². The zero-order valence-electron chi connectivity index (χ0n) is 14.9. The molecular formula is C17H28N4O2S. The van der Waals surface area contributed by atoms with Gasteiger partial charge in [0.05, 0.1) is 0 Å². The number of rotatable bonds is 10. The van der Waals surface area contributed by atoms with Crippen LogP contribution in [0.3, 0.4) is 0 Å². The Bertz CT molecular complexity index is 775. The van der Waals surface area contributed by atoms with E-state index in [9.17, 15) is 9.59 Å². The van der Waals surface area contributed by atoms with Crippen LogP contribution in [0, 0.1) is 0 Å². The van der Waals surface area contributed by atoms with E-state index < -0.39 is 5.69 Å². The van der Waals surface area contributed by atoms with E-state index in [-0.39, 0.29) is 5.56 Å². The topological polar surface area (TPSA) is 72.7 Å². The average Bonchev–Trinajstić information content (AvgIpc) is 2.93. The van der Waals surface area contributed by atoms with Crippen molar-refractivity contribution in [1.82, 2.24) is 19.1 Å². The van der Waals surface area contributed by atoms with Crippen molar-refractivity contribution in [3.63, 3.8) is 0 Å². The van der Waals surface area contributed by atoms with E-state index >= 15 is 0 Å². The van der Waals surface area contributed by atoms with Crippen LogP contribution in [0.5, 0.6) is 0 Å². The van der Waals surface area contributed by atoms with Crippen LogP contribution in [0.2, 0.25) is 0 Å². The lowest BCUT2D eigenvalue weighted by atomic mass is 10.2. The summed E-state index contributed by atoms with van der Waals surface area (Å²) in [5.74, 6) is 0.991. The fourth-order valence-corrected chi connectivity index (χ4v) is 3.74. The Morgan fingerprint density at radius 1 is 1.04 bits per heavy atom. The lowest BCUT2D eigenvalue weighted by molar-refractivity contribution is 0.599. The van der Waals surface area contributed by atoms with E-state index in [1.807, 2.05) is 4.57 Å². The molecule has 0 aliphatic heterocycles. The van der Waals surface area contributed by atoms with Crippen LogP contribution in [-0.4, -0.2) is 24.9 Å². The SMILES string of the molecule is CCCCCCCSc1nc2c(c(=O)[nH]c(=O)n2C)n1CCCC. The van der Waals surface area contributed by atoms with Crippen molar-refractivity contribution in [2.75, 3.05) is 5.75 Å². The van der Waals surface area contributed by atoms with Crippen molar-refractivity contribution >= 4 is 22.9 Å². The summed E-state index contributed by atoms with van der Waals surface area (Å²) in [6.45, 7) is 5.10. The molecule has 0 saturated heterocycles. The maximum atomic E-state index is 12.3. The molecule has 0 unspecified atom stereocenters. The summed E-state index contributed by atoms with van der Waals surface area (Å²) in [6.07, 6.45) is 8.22. The van der Waals surface area contributed by atoms with Crippen molar-refractivity contribution in [1.29, 1.82) is 0 Å². The average molecular weight is 353 g/mol. The fraction of sp³-hybridized carbons (Fsp3) is 0.706. The summed E-state index contributed by atoms with van der Waals surface area (Å²) in [5.41, 5.74) is 0.239. The minimum atomic E-state index is -0.413. The molecule has 0 aliphatic carbocycles. The van der Waals surface area contributed by atoms with Gasteiger partial charge in [0.2, 0.25) is 0 Å². The van der Waals surface area contributed by atoms with E-state index in [0.29, 0.717) is 11.2 Å². The maximum Gasteiger partial charge on any atom is 0.329 e. The number of hydrogen-bond donors (Lipinski definition) is 1. The third kappa shape index (κ3) is 4.32. The lowest BCUT2D eigenvalue weighted by Crippen LogP contribution is -2.29. The Morgan fingerprint density at radius 3 is 2.46 bits per heavy atom. The van der Waals surface area contributed by atoms with Crippen molar-refractivity contribution in [2.24, 2.45) is 7.05 Å². The first kappa shape index (κ1) is 18.8. The molecule has 0 radical (unpaired) electrons. The van der Waals surface area contributed by atoms with E-state index in [1.165, 1.54) is 30.3 Å². The summed E-state index contributed by atoms with van der Waals surface area (Å²) >= 11 is 1.69. The van der Waals surface area contributed by atoms with Crippen LogP contribution in [0.15, 0.2) is 14.7 Å². The molecule has 0 aromatic carbocycles. The highest BCUT2D eigenvalue weighted by Gasteiger charge is 2.17. The molecule has 2 rings (SSSR count). The van der Waals surface area contributed by atoms with Crippen molar-refractivity contribution in [3.05, 3.63) is 20.8 Å². The standard InChI is InChI=1S/C17H28N4O2S/c1-4-6-8-9-10-12-24-17-18-14-13(21(17)11-7-5-2)15(22)19-16(23)20(14)3/h4-12H2,1-3H3,(H,19,22,23). The second kappa shape index (κ2) is 9.11. The molecular weight excluding hydrogens is 324 g/mol. The number of nitrogens with one attached hydrogen (secondary N) is 1. The molecule has 2 heterocycles. The molecule has 24 heavy (non-hydrogen) atoms. The second-order valence-electron chi connectivity index (χ2n) is 6.15. The van der Waals surface area contributed by atoms with Crippen LogP contribution < -0.4 is 11.2 Å². The number of H-pyrrole nitrogens is 1. The number of nitrogens with zero attached hydrogens (tertiary/aromatic N) is 3. The Hall–Kier alpha value is -1.50. The molecule has 0 amide bonds. The minimum Gasteiger partial charge on any atom is -0.313 e. The number of unbranched alkanes of at least 4 members (excludes halogenated alkanes) is 5. The van der Waals surface area contributed by atoms with Gasteiger partial charge >= 0.3 is 5.69 Å². The first-order valence-corrected chi connectivity index (χ1v) is 9.91. The predicted molar refractivity (Wildman–Crippen MR) is 100.0 cm³/mol. The first-order valence-electron chi connectivity index (χ1n) is 8.92. The second-order valence-corrected chi connectivity index (χ2v) is 7.21. The summed E-state index contributed by atoms with van der Waals surface area (Å²) in [4.78, 5) is 31.0. The van der Waals surface area contributed by atoms with Crippen LogP contribution >= 0.6 is 11.8 Å². The lowest BCUT2D eigenvalue weighted by Gasteiger charge is -2.07. The van der Waals surface area contributed by atoms with Gasteiger partial charge in [0.15, 0.2) is 16.3 Å². The van der Waals surface area contributed by atoms with Crippen molar-refractivity contribution in [2.45, 2.75) is 70.5 Å². The smallest absolute Gasteiger partial charge is 0.313 e. The number of thioether (sulfide) groups is 1. The maximum absolute atomic E-state index is 12.3.